The molecule has 1 amide bonds. The van der Waals surface area contributed by atoms with Gasteiger partial charge in [0.1, 0.15) is 0 Å². The number of hydrogen-bond donors (Lipinski definition) is 1. The summed E-state index contributed by atoms with van der Waals surface area (Å²) in [6.45, 7) is 3.13. The minimum Gasteiger partial charge on any atom is -0.411 e. The summed E-state index contributed by atoms with van der Waals surface area (Å²) >= 11 is 7.09. The predicted octanol–water partition coefficient (Wildman–Crippen LogP) is 3.17. The fourth-order valence-corrected chi connectivity index (χ4v) is 3.17. The lowest BCUT2D eigenvalue weighted by atomic mass is 10.2. The summed E-state index contributed by atoms with van der Waals surface area (Å²) in [5.74, 6) is 0.336. The summed E-state index contributed by atoms with van der Waals surface area (Å²) in [6.07, 6.45) is 2.18. The third-order valence-electron chi connectivity index (χ3n) is 3.67. The van der Waals surface area contributed by atoms with Crippen LogP contribution in [-0.4, -0.2) is 40.6 Å². The van der Waals surface area contributed by atoms with Crippen LogP contribution in [0.4, 0.5) is 0 Å². The maximum Gasteiger partial charge on any atom is 0.277 e. The first-order valence-corrected chi connectivity index (χ1v) is 9.03. The molecule has 2 aromatic rings. The van der Waals surface area contributed by atoms with E-state index in [0.717, 1.165) is 25.0 Å². The van der Waals surface area contributed by atoms with Crippen molar-refractivity contribution in [3.63, 3.8) is 0 Å². The van der Waals surface area contributed by atoms with Gasteiger partial charge in [-0.2, -0.15) is 0 Å². The van der Waals surface area contributed by atoms with Gasteiger partial charge in [-0.25, -0.2) is 0 Å². The molecule has 1 aromatic heterocycles. The molecule has 1 N–H and O–H groups in total. The quantitative estimate of drug-likeness (QED) is 0.790. The second-order valence-electron chi connectivity index (χ2n) is 5.52. The second kappa shape index (κ2) is 8.00. The van der Waals surface area contributed by atoms with Crippen molar-refractivity contribution >= 4 is 29.3 Å². The molecule has 0 aliphatic carbocycles. The highest BCUT2D eigenvalue weighted by molar-refractivity contribution is 8.00. The van der Waals surface area contributed by atoms with Gasteiger partial charge in [0, 0.05) is 23.7 Å². The summed E-state index contributed by atoms with van der Waals surface area (Å²) in [6, 6.07) is 7.13. The zero-order chi connectivity index (χ0) is 16.9. The van der Waals surface area contributed by atoms with Gasteiger partial charge in [0.05, 0.1) is 11.4 Å². The Kier molecular flexibility index (Phi) is 5.76. The topological polar surface area (TPSA) is 77.2 Å². The number of hydrogen-bond acceptors (Lipinski definition) is 6. The summed E-state index contributed by atoms with van der Waals surface area (Å²) < 4.78 is 11.1. The van der Waals surface area contributed by atoms with Gasteiger partial charge >= 0.3 is 0 Å². The molecule has 1 aliphatic heterocycles. The smallest absolute Gasteiger partial charge is 0.277 e. The summed E-state index contributed by atoms with van der Waals surface area (Å²) in [5, 5.41) is 11.6. The molecular weight excluding hydrogens is 350 g/mol. The Morgan fingerprint density at radius 2 is 2.21 bits per heavy atom. The van der Waals surface area contributed by atoms with E-state index >= 15 is 0 Å². The zero-order valence-electron chi connectivity index (χ0n) is 13.2. The average molecular weight is 368 g/mol. The van der Waals surface area contributed by atoms with Crippen molar-refractivity contribution in [2.24, 2.45) is 0 Å². The number of aromatic nitrogens is 2. The van der Waals surface area contributed by atoms with Crippen molar-refractivity contribution in [1.29, 1.82) is 0 Å². The molecule has 2 unspecified atom stereocenters. The third-order valence-corrected chi connectivity index (χ3v) is 4.86. The van der Waals surface area contributed by atoms with E-state index < -0.39 is 0 Å². The van der Waals surface area contributed by atoms with E-state index in [4.69, 9.17) is 20.8 Å². The van der Waals surface area contributed by atoms with Gasteiger partial charge in [0.25, 0.3) is 5.22 Å². The number of thioether (sulfide) groups is 1. The standard InChI is InChI=1S/C16H18ClN3O3S/c1-10(14(21)18-9-13-3-2-8-22-13)24-16-20-19-15(23-16)11-4-6-12(17)7-5-11/h4-7,10,13H,2-3,8-9H2,1H3,(H,18,21). The first kappa shape index (κ1) is 17.3. The fraction of sp³-hybridized carbons (Fsp3) is 0.438. The number of nitrogens with zero attached hydrogens (tertiary/aromatic N) is 2. The van der Waals surface area contributed by atoms with E-state index in [1.54, 1.807) is 12.1 Å². The van der Waals surface area contributed by atoms with Gasteiger partial charge in [-0.05, 0) is 44.0 Å². The summed E-state index contributed by atoms with van der Waals surface area (Å²) in [7, 11) is 0. The van der Waals surface area contributed by atoms with Gasteiger partial charge in [-0.15, -0.1) is 10.2 Å². The van der Waals surface area contributed by atoms with Gasteiger partial charge in [-0.3, -0.25) is 4.79 Å². The van der Waals surface area contributed by atoms with Crippen molar-refractivity contribution in [2.75, 3.05) is 13.2 Å². The first-order valence-electron chi connectivity index (χ1n) is 7.77. The van der Waals surface area contributed by atoms with Crippen molar-refractivity contribution in [2.45, 2.75) is 36.3 Å². The van der Waals surface area contributed by atoms with Crippen LogP contribution < -0.4 is 5.32 Å². The van der Waals surface area contributed by atoms with Gasteiger partial charge in [0.2, 0.25) is 11.8 Å². The minimum absolute atomic E-state index is 0.0678. The molecule has 0 spiro atoms. The number of amides is 1. The predicted molar refractivity (Wildman–Crippen MR) is 92.0 cm³/mol. The number of rotatable bonds is 6. The highest BCUT2D eigenvalue weighted by Crippen LogP contribution is 2.26. The second-order valence-corrected chi connectivity index (χ2v) is 7.25. The summed E-state index contributed by atoms with van der Waals surface area (Å²) in [5.41, 5.74) is 0.786. The normalized spacial score (nSPS) is 18.5. The number of carbonyl (C=O) groups is 1. The molecule has 0 radical (unpaired) electrons. The molecule has 1 saturated heterocycles. The Labute approximate surface area is 149 Å². The van der Waals surface area contributed by atoms with Gasteiger partial charge in [-0.1, -0.05) is 23.4 Å². The lowest BCUT2D eigenvalue weighted by Gasteiger charge is -2.13. The van der Waals surface area contributed by atoms with Crippen LogP contribution in [0.1, 0.15) is 19.8 Å². The van der Waals surface area contributed by atoms with E-state index in [1.165, 1.54) is 11.8 Å². The van der Waals surface area contributed by atoms with E-state index in [0.29, 0.717) is 22.7 Å². The average Bonchev–Trinajstić information content (AvgIpc) is 3.25. The minimum atomic E-state index is -0.329. The maximum absolute atomic E-state index is 12.1. The number of carbonyl (C=O) groups excluding carboxylic acids is 1. The number of benzene rings is 1. The van der Waals surface area contributed by atoms with Gasteiger partial charge < -0.3 is 14.5 Å². The van der Waals surface area contributed by atoms with Crippen LogP contribution in [0.15, 0.2) is 33.9 Å². The molecule has 1 fully saturated rings. The molecule has 24 heavy (non-hydrogen) atoms. The molecule has 2 heterocycles. The van der Waals surface area contributed by atoms with Crippen LogP contribution in [0, 0.1) is 0 Å². The Bertz CT molecular complexity index is 686. The van der Waals surface area contributed by atoms with Crippen molar-refractivity contribution in [3.05, 3.63) is 29.3 Å². The largest absolute Gasteiger partial charge is 0.411 e. The highest BCUT2D eigenvalue weighted by Gasteiger charge is 2.21. The van der Waals surface area contributed by atoms with Crippen LogP contribution in [0.5, 0.6) is 0 Å². The number of ether oxygens (including phenoxy) is 1. The SMILES string of the molecule is CC(Sc1nnc(-c2ccc(Cl)cc2)o1)C(=O)NCC1CCCO1. The molecule has 0 bridgehead atoms. The number of halogens is 1. The van der Waals surface area contributed by atoms with Crippen LogP contribution in [0.2, 0.25) is 5.02 Å². The van der Waals surface area contributed by atoms with E-state index in [1.807, 2.05) is 19.1 Å². The number of nitrogens with one attached hydrogen (secondary N) is 1. The van der Waals surface area contributed by atoms with Crippen molar-refractivity contribution < 1.29 is 13.9 Å². The molecule has 6 nitrogen and oxygen atoms in total. The molecule has 8 heteroatoms. The molecule has 1 aromatic carbocycles. The van der Waals surface area contributed by atoms with Crippen LogP contribution >= 0.6 is 23.4 Å². The molecular formula is C16H18ClN3O3S. The highest BCUT2D eigenvalue weighted by atomic mass is 35.5. The molecule has 2 atom stereocenters. The Morgan fingerprint density at radius 1 is 1.42 bits per heavy atom. The van der Waals surface area contributed by atoms with E-state index in [9.17, 15) is 4.79 Å². The zero-order valence-corrected chi connectivity index (χ0v) is 14.8. The third kappa shape index (κ3) is 4.49. The fourth-order valence-electron chi connectivity index (χ4n) is 2.33. The maximum atomic E-state index is 12.1. The first-order chi connectivity index (χ1) is 11.6. The Hall–Kier alpha value is -1.57. The molecule has 0 saturated carbocycles. The Balaban J connectivity index is 1.53. The van der Waals surface area contributed by atoms with Crippen LogP contribution in [-0.2, 0) is 9.53 Å². The van der Waals surface area contributed by atoms with Gasteiger partial charge in [0.15, 0.2) is 0 Å². The lowest BCUT2D eigenvalue weighted by Crippen LogP contribution is -2.36. The molecule has 128 valence electrons. The van der Waals surface area contributed by atoms with Crippen LogP contribution in [0.3, 0.4) is 0 Å². The lowest BCUT2D eigenvalue weighted by molar-refractivity contribution is -0.120. The van der Waals surface area contributed by atoms with E-state index in [-0.39, 0.29) is 17.3 Å². The van der Waals surface area contributed by atoms with E-state index in [2.05, 4.69) is 15.5 Å². The molecule has 1 aliphatic rings. The van der Waals surface area contributed by atoms with Crippen LogP contribution in [0.25, 0.3) is 11.5 Å². The Morgan fingerprint density at radius 3 is 2.92 bits per heavy atom. The monoisotopic (exact) mass is 367 g/mol. The summed E-state index contributed by atoms with van der Waals surface area (Å²) in [4.78, 5) is 12.1. The van der Waals surface area contributed by atoms with Crippen molar-refractivity contribution in [3.8, 4) is 11.5 Å². The van der Waals surface area contributed by atoms with Crippen molar-refractivity contribution in [1.82, 2.24) is 15.5 Å². The molecule has 3 rings (SSSR count).